The van der Waals surface area contributed by atoms with Crippen molar-refractivity contribution in [2.45, 2.75) is 45.6 Å². The van der Waals surface area contributed by atoms with Crippen molar-refractivity contribution in [2.24, 2.45) is 5.92 Å². The number of nitrogens with one attached hydrogen (secondary N) is 1. The Morgan fingerprint density at radius 2 is 1.70 bits per heavy atom. The molecule has 3 rings (SSSR count). The molecule has 0 spiro atoms. The van der Waals surface area contributed by atoms with Crippen molar-refractivity contribution in [1.29, 1.82) is 0 Å². The van der Waals surface area contributed by atoms with Crippen molar-refractivity contribution in [1.82, 2.24) is 5.32 Å². The molecular formula is C23H27NO3. The van der Waals surface area contributed by atoms with Gasteiger partial charge in [-0.1, -0.05) is 29.8 Å². The summed E-state index contributed by atoms with van der Waals surface area (Å²) in [6.07, 6.45) is 2.71. The number of hydrogen-bond acceptors (Lipinski definition) is 3. The fourth-order valence-electron chi connectivity index (χ4n) is 3.20. The van der Waals surface area contributed by atoms with Crippen LogP contribution in [-0.4, -0.2) is 18.3 Å². The van der Waals surface area contributed by atoms with Crippen LogP contribution in [0.1, 0.15) is 60.1 Å². The minimum absolute atomic E-state index is 0.0218. The second-order valence-electron chi connectivity index (χ2n) is 7.17. The quantitative estimate of drug-likeness (QED) is 0.660. The van der Waals surface area contributed by atoms with Gasteiger partial charge in [-0.05, 0) is 62.4 Å². The first-order valence-corrected chi connectivity index (χ1v) is 9.69. The zero-order chi connectivity index (χ0) is 19.2. The molecule has 0 heterocycles. The molecule has 1 atom stereocenters. The van der Waals surface area contributed by atoms with E-state index < -0.39 is 0 Å². The second kappa shape index (κ2) is 8.85. The van der Waals surface area contributed by atoms with Gasteiger partial charge in [0.1, 0.15) is 5.75 Å². The van der Waals surface area contributed by atoms with Crippen LogP contribution in [0.2, 0.25) is 0 Å². The fraction of sp³-hybridized carbons (Fsp3) is 0.391. The van der Waals surface area contributed by atoms with E-state index in [1.807, 2.05) is 6.92 Å². The molecule has 0 aliphatic heterocycles. The average Bonchev–Trinajstić information content (AvgIpc) is 3.51. The fourth-order valence-corrected chi connectivity index (χ4v) is 3.20. The molecule has 4 heteroatoms. The summed E-state index contributed by atoms with van der Waals surface area (Å²) in [5, 5.41) is 3.14. The first kappa shape index (κ1) is 19.2. The number of carbonyl (C=O) groups excluding carboxylic acids is 2. The van der Waals surface area contributed by atoms with Crippen molar-refractivity contribution in [3.63, 3.8) is 0 Å². The Kier molecular flexibility index (Phi) is 6.28. The molecule has 4 nitrogen and oxygen atoms in total. The summed E-state index contributed by atoms with van der Waals surface area (Å²) < 4.78 is 5.38. The van der Waals surface area contributed by atoms with Gasteiger partial charge in [-0.3, -0.25) is 9.59 Å². The van der Waals surface area contributed by atoms with Crippen molar-refractivity contribution in [3.05, 3.63) is 65.2 Å². The molecule has 1 aliphatic rings. The van der Waals surface area contributed by atoms with E-state index in [4.69, 9.17) is 4.74 Å². The van der Waals surface area contributed by atoms with Crippen molar-refractivity contribution in [3.8, 4) is 5.75 Å². The van der Waals surface area contributed by atoms with E-state index in [1.54, 1.807) is 24.3 Å². The maximum absolute atomic E-state index is 12.4. The van der Waals surface area contributed by atoms with E-state index in [0.717, 1.165) is 24.2 Å². The third kappa shape index (κ3) is 5.43. The van der Waals surface area contributed by atoms with E-state index in [1.165, 1.54) is 5.56 Å². The third-order valence-electron chi connectivity index (χ3n) is 4.91. The highest BCUT2D eigenvalue weighted by Gasteiger charge is 2.33. The van der Waals surface area contributed by atoms with Gasteiger partial charge in [0.2, 0.25) is 5.91 Å². The molecule has 0 saturated heterocycles. The third-order valence-corrected chi connectivity index (χ3v) is 4.91. The average molecular weight is 365 g/mol. The first-order chi connectivity index (χ1) is 13.1. The summed E-state index contributed by atoms with van der Waals surface area (Å²) in [7, 11) is 0. The lowest BCUT2D eigenvalue weighted by atomic mass is 10.0. The summed E-state index contributed by atoms with van der Waals surface area (Å²) in [6.45, 7) is 4.57. The lowest BCUT2D eigenvalue weighted by molar-refractivity contribution is -0.122. The predicted molar refractivity (Wildman–Crippen MR) is 106 cm³/mol. The first-order valence-electron chi connectivity index (χ1n) is 9.69. The lowest BCUT2D eigenvalue weighted by Crippen LogP contribution is -2.30. The summed E-state index contributed by atoms with van der Waals surface area (Å²) in [4.78, 5) is 24.8. The zero-order valence-corrected chi connectivity index (χ0v) is 16.0. The predicted octanol–water partition coefficient (Wildman–Crippen LogP) is 4.62. The van der Waals surface area contributed by atoms with Gasteiger partial charge in [0, 0.05) is 18.4 Å². The molecule has 1 amide bonds. The Balaban J connectivity index is 1.53. The Bertz CT molecular complexity index is 776. The standard InChI is InChI=1S/C23H27NO3/c1-3-27-20-12-10-17(11-13-20)21(25)14-15-22(26)24-23(19-8-9-19)18-6-4-16(2)5-7-18/h4-7,10-13,19,23H,3,8-9,14-15H2,1-2H3,(H,24,26). The van der Waals surface area contributed by atoms with Crippen LogP contribution >= 0.6 is 0 Å². The molecule has 2 aromatic carbocycles. The summed E-state index contributed by atoms with van der Waals surface area (Å²) in [6, 6.07) is 15.5. The number of ketones is 1. The highest BCUT2D eigenvalue weighted by atomic mass is 16.5. The number of benzene rings is 2. The largest absolute Gasteiger partial charge is 0.494 e. The molecule has 27 heavy (non-hydrogen) atoms. The molecule has 1 aliphatic carbocycles. The van der Waals surface area contributed by atoms with E-state index in [2.05, 4.69) is 36.5 Å². The molecule has 1 unspecified atom stereocenters. The van der Waals surface area contributed by atoms with Crippen LogP contribution in [0.5, 0.6) is 5.75 Å². The van der Waals surface area contributed by atoms with Crippen molar-refractivity contribution < 1.29 is 14.3 Å². The number of hydrogen-bond donors (Lipinski definition) is 1. The monoisotopic (exact) mass is 365 g/mol. The molecule has 0 bridgehead atoms. The number of Topliss-reactive ketones (excluding diaryl/α,β-unsaturated/α-hetero) is 1. The van der Waals surface area contributed by atoms with Crippen LogP contribution < -0.4 is 10.1 Å². The maximum Gasteiger partial charge on any atom is 0.220 e. The molecule has 142 valence electrons. The van der Waals surface area contributed by atoms with Gasteiger partial charge in [0.05, 0.1) is 12.6 Å². The Labute approximate surface area is 160 Å². The van der Waals surface area contributed by atoms with E-state index in [0.29, 0.717) is 18.1 Å². The smallest absolute Gasteiger partial charge is 0.220 e. The van der Waals surface area contributed by atoms with Crippen LogP contribution in [0, 0.1) is 12.8 Å². The van der Waals surface area contributed by atoms with E-state index in [9.17, 15) is 9.59 Å². The SMILES string of the molecule is CCOc1ccc(C(=O)CCC(=O)NC(c2ccc(C)cc2)C2CC2)cc1. The second-order valence-corrected chi connectivity index (χ2v) is 7.17. The molecule has 1 saturated carbocycles. The zero-order valence-electron chi connectivity index (χ0n) is 16.0. The maximum atomic E-state index is 12.4. The number of carbonyl (C=O) groups is 2. The normalized spacial score (nSPS) is 14.4. The lowest BCUT2D eigenvalue weighted by Gasteiger charge is -2.19. The van der Waals surface area contributed by atoms with Crippen LogP contribution in [0.25, 0.3) is 0 Å². The van der Waals surface area contributed by atoms with Crippen LogP contribution in [-0.2, 0) is 4.79 Å². The number of rotatable bonds is 9. The molecule has 0 aromatic heterocycles. The molecule has 1 N–H and O–H groups in total. The van der Waals surface area contributed by atoms with Crippen molar-refractivity contribution >= 4 is 11.7 Å². The number of ether oxygens (including phenoxy) is 1. The highest BCUT2D eigenvalue weighted by Crippen LogP contribution is 2.41. The van der Waals surface area contributed by atoms with Gasteiger partial charge in [0.15, 0.2) is 5.78 Å². The van der Waals surface area contributed by atoms with Gasteiger partial charge in [-0.15, -0.1) is 0 Å². The minimum Gasteiger partial charge on any atom is -0.494 e. The Morgan fingerprint density at radius 1 is 1.04 bits per heavy atom. The molecule has 1 fully saturated rings. The number of amides is 1. The van der Waals surface area contributed by atoms with Crippen LogP contribution in [0.4, 0.5) is 0 Å². The summed E-state index contributed by atoms with van der Waals surface area (Å²) in [5.74, 6) is 1.17. The minimum atomic E-state index is -0.0632. The number of aryl methyl sites for hydroxylation is 1. The Morgan fingerprint density at radius 3 is 2.30 bits per heavy atom. The van der Waals surface area contributed by atoms with E-state index in [-0.39, 0.29) is 30.6 Å². The van der Waals surface area contributed by atoms with Crippen molar-refractivity contribution in [2.75, 3.05) is 6.61 Å². The topological polar surface area (TPSA) is 55.4 Å². The van der Waals surface area contributed by atoms with Crippen LogP contribution in [0.15, 0.2) is 48.5 Å². The molecular weight excluding hydrogens is 338 g/mol. The Hall–Kier alpha value is -2.62. The molecule has 0 radical (unpaired) electrons. The van der Waals surface area contributed by atoms with Crippen LogP contribution in [0.3, 0.4) is 0 Å². The highest BCUT2D eigenvalue weighted by molar-refractivity contribution is 5.98. The van der Waals surface area contributed by atoms with Gasteiger partial charge in [-0.2, -0.15) is 0 Å². The van der Waals surface area contributed by atoms with Gasteiger partial charge in [0.25, 0.3) is 0 Å². The summed E-state index contributed by atoms with van der Waals surface area (Å²) >= 11 is 0. The summed E-state index contributed by atoms with van der Waals surface area (Å²) in [5.41, 5.74) is 2.97. The van der Waals surface area contributed by atoms with Gasteiger partial charge < -0.3 is 10.1 Å². The van der Waals surface area contributed by atoms with Gasteiger partial charge >= 0.3 is 0 Å². The van der Waals surface area contributed by atoms with E-state index >= 15 is 0 Å². The van der Waals surface area contributed by atoms with Gasteiger partial charge in [-0.25, -0.2) is 0 Å². The molecule has 2 aromatic rings.